The monoisotopic (exact) mass is 264 g/mol. The number of oxazole rings is 1. The quantitative estimate of drug-likeness (QED) is 0.899. The molecule has 0 aliphatic rings. The van der Waals surface area contributed by atoms with E-state index >= 15 is 0 Å². The van der Waals surface area contributed by atoms with Crippen LogP contribution < -0.4 is 10.1 Å². The molecule has 4 nitrogen and oxygen atoms in total. The Kier molecular flexibility index (Phi) is 4.28. The van der Waals surface area contributed by atoms with Gasteiger partial charge in [0.25, 0.3) is 5.22 Å². The molecule has 0 aliphatic heterocycles. The Hall–Kier alpha value is -1.46. The number of hydrogen-bond donors (Lipinski definition) is 1. The molecule has 5 heteroatoms. The first kappa shape index (κ1) is 13.0. The minimum atomic E-state index is 0.193. The average molecular weight is 264 g/mol. The Balaban J connectivity index is 2.39. The standard InChI is InChI=1S/C13H16N2O2S/c1-9(14-2)12-10(16-3)5-4-6-11(12)18-13-15-7-8-17-13/h4-9,14H,1-3H3. The summed E-state index contributed by atoms with van der Waals surface area (Å²) in [5.41, 5.74) is 1.12. The van der Waals surface area contributed by atoms with Crippen LogP contribution in [0.2, 0.25) is 0 Å². The molecule has 1 N–H and O–H groups in total. The number of ether oxygens (including phenoxy) is 1. The molecule has 96 valence electrons. The van der Waals surface area contributed by atoms with Crippen LogP contribution in [0.4, 0.5) is 0 Å². The Morgan fingerprint density at radius 2 is 2.28 bits per heavy atom. The molecule has 2 aromatic rings. The summed E-state index contributed by atoms with van der Waals surface area (Å²) in [6.07, 6.45) is 3.22. The third-order valence-electron chi connectivity index (χ3n) is 2.72. The van der Waals surface area contributed by atoms with Crippen LogP contribution in [0.15, 0.2) is 45.2 Å². The van der Waals surface area contributed by atoms with Gasteiger partial charge in [0, 0.05) is 16.5 Å². The highest BCUT2D eigenvalue weighted by Crippen LogP contribution is 2.37. The molecular weight excluding hydrogens is 248 g/mol. The number of rotatable bonds is 5. The van der Waals surface area contributed by atoms with Crippen molar-refractivity contribution in [1.29, 1.82) is 0 Å². The maximum atomic E-state index is 5.42. The van der Waals surface area contributed by atoms with Crippen molar-refractivity contribution in [3.8, 4) is 5.75 Å². The summed E-state index contributed by atoms with van der Waals surface area (Å²) in [4.78, 5) is 5.21. The summed E-state index contributed by atoms with van der Waals surface area (Å²) in [5, 5.41) is 3.86. The van der Waals surface area contributed by atoms with Gasteiger partial charge < -0.3 is 14.5 Å². The molecule has 0 saturated carbocycles. The van der Waals surface area contributed by atoms with Gasteiger partial charge in [-0.25, -0.2) is 4.98 Å². The molecule has 0 amide bonds. The van der Waals surface area contributed by atoms with Crippen LogP contribution in [0, 0.1) is 0 Å². The van der Waals surface area contributed by atoms with Crippen LogP contribution in [-0.2, 0) is 0 Å². The lowest BCUT2D eigenvalue weighted by Gasteiger charge is -2.18. The lowest BCUT2D eigenvalue weighted by molar-refractivity contribution is 0.401. The maximum Gasteiger partial charge on any atom is 0.260 e. The number of hydrogen-bond acceptors (Lipinski definition) is 5. The molecule has 0 aliphatic carbocycles. The first-order chi connectivity index (χ1) is 8.76. The number of nitrogens with zero attached hydrogens (tertiary/aromatic N) is 1. The van der Waals surface area contributed by atoms with E-state index in [1.165, 1.54) is 11.8 Å². The molecule has 0 bridgehead atoms. The van der Waals surface area contributed by atoms with Crippen molar-refractivity contribution in [1.82, 2.24) is 10.3 Å². The van der Waals surface area contributed by atoms with Crippen LogP contribution in [0.25, 0.3) is 0 Å². The smallest absolute Gasteiger partial charge is 0.260 e. The fourth-order valence-corrected chi connectivity index (χ4v) is 2.66. The fourth-order valence-electron chi connectivity index (χ4n) is 1.72. The summed E-state index contributed by atoms with van der Waals surface area (Å²) in [7, 11) is 3.61. The molecule has 0 fully saturated rings. The van der Waals surface area contributed by atoms with Crippen LogP contribution in [0.3, 0.4) is 0 Å². The van der Waals surface area contributed by atoms with Gasteiger partial charge >= 0.3 is 0 Å². The third kappa shape index (κ3) is 2.68. The maximum absolute atomic E-state index is 5.42. The lowest BCUT2D eigenvalue weighted by Crippen LogP contribution is -2.14. The molecular formula is C13H16N2O2S. The van der Waals surface area contributed by atoms with Gasteiger partial charge in [-0.15, -0.1) is 0 Å². The van der Waals surface area contributed by atoms with Crippen LogP contribution in [0.1, 0.15) is 18.5 Å². The van der Waals surface area contributed by atoms with E-state index in [4.69, 9.17) is 9.15 Å². The minimum absolute atomic E-state index is 0.193. The second-order valence-corrected chi connectivity index (χ2v) is 4.78. The van der Waals surface area contributed by atoms with Gasteiger partial charge in [0.05, 0.1) is 13.3 Å². The van der Waals surface area contributed by atoms with E-state index in [2.05, 4.69) is 17.2 Å². The molecule has 1 unspecified atom stereocenters. The van der Waals surface area contributed by atoms with Gasteiger partial charge in [-0.05, 0) is 37.9 Å². The molecule has 1 aromatic heterocycles. The largest absolute Gasteiger partial charge is 0.496 e. The third-order valence-corrected chi connectivity index (χ3v) is 3.67. The van der Waals surface area contributed by atoms with Crippen LogP contribution in [-0.4, -0.2) is 19.1 Å². The minimum Gasteiger partial charge on any atom is -0.496 e. The van der Waals surface area contributed by atoms with E-state index in [9.17, 15) is 0 Å². The summed E-state index contributed by atoms with van der Waals surface area (Å²) < 4.78 is 10.7. The summed E-state index contributed by atoms with van der Waals surface area (Å²) in [6, 6.07) is 6.16. The van der Waals surface area contributed by atoms with E-state index in [1.54, 1.807) is 19.6 Å². The van der Waals surface area contributed by atoms with Crippen LogP contribution in [0.5, 0.6) is 5.75 Å². The van der Waals surface area contributed by atoms with E-state index < -0.39 is 0 Å². The van der Waals surface area contributed by atoms with Crippen LogP contribution >= 0.6 is 11.8 Å². The Morgan fingerprint density at radius 1 is 1.44 bits per heavy atom. The molecule has 1 atom stereocenters. The normalized spacial score (nSPS) is 12.4. The molecule has 1 heterocycles. The van der Waals surface area contributed by atoms with Crippen molar-refractivity contribution in [3.63, 3.8) is 0 Å². The van der Waals surface area contributed by atoms with Gasteiger partial charge in [0.1, 0.15) is 12.0 Å². The highest BCUT2D eigenvalue weighted by atomic mass is 32.2. The Bertz CT molecular complexity index is 500. The van der Waals surface area contributed by atoms with E-state index in [-0.39, 0.29) is 6.04 Å². The van der Waals surface area contributed by atoms with Crippen molar-refractivity contribution < 1.29 is 9.15 Å². The van der Waals surface area contributed by atoms with Gasteiger partial charge in [0.15, 0.2) is 0 Å². The molecule has 0 spiro atoms. The van der Waals surface area contributed by atoms with E-state index in [1.807, 2.05) is 25.2 Å². The Labute approximate surface area is 111 Å². The van der Waals surface area contributed by atoms with Crippen molar-refractivity contribution in [2.24, 2.45) is 0 Å². The zero-order chi connectivity index (χ0) is 13.0. The van der Waals surface area contributed by atoms with Crippen molar-refractivity contribution in [2.75, 3.05) is 14.2 Å². The number of nitrogens with one attached hydrogen (secondary N) is 1. The van der Waals surface area contributed by atoms with Crippen molar-refractivity contribution in [3.05, 3.63) is 36.2 Å². The molecule has 1 aromatic carbocycles. The molecule has 0 radical (unpaired) electrons. The Morgan fingerprint density at radius 3 is 2.89 bits per heavy atom. The SMILES string of the molecule is CNC(C)c1c(OC)cccc1Sc1ncco1. The zero-order valence-electron chi connectivity index (χ0n) is 10.6. The van der Waals surface area contributed by atoms with Gasteiger partial charge in [-0.2, -0.15) is 0 Å². The number of methoxy groups -OCH3 is 1. The second kappa shape index (κ2) is 5.93. The van der Waals surface area contributed by atoms with E-state index in [0.29, 0.717) is 5.22 Å². The second-order valence-electron chi connectivity index (χ2n) is 3.78. The summed E-state index contributed by atoms with van der Waals surface area (Å²) in [5.74, 6) is 0.869. The fraction of sp³-hybridized carbons (Fsp3) is 0.308. The zero-order valence-corrected chi connectivity index (χ0v) is 11.5. The molecule has 0 saturated heterocycles. The van der Waals surface area contributed by atoms with Crippen molar-refractivity contribution in [2.45, 2.75) is 23.1 Å². The topological polar surface area (TPSA) is 47.3 Å². The predicted octanol–water partition coefficient (Wildman–Crippen LogP) is 3.11. The first-order valence-electron chi connectivity index (χ1n) is 5.67. The van der Waals surface area contributed by atoms with Gasteiger partial charge in [0.2, 0.25) is 0 Å². The molecule has 2 rings (SSSR count). The average Bonchev–Trinajstić information content (AvgIpc) is 2.90. The highest BCUT2D eigenvalue weighted by Gasteiger charge is 2.16. The van der Waals surface area contributed by atoms with Gasteiger partial charge in [-0.1, -0.05) is 6.07 Å². The summed E-state index contributed by atoms with van der Waals surface area (Å²) in [6.45, 7) is 2.09. The van der Waals surface area contributed by atoms with E-state index in [0.717, 1.165) is 16.2 Å². The number of benzene rings is 1. The highest BCUT2D eigenvalue weighted by molar-refractivity contribution is 7.99. The number of aromatic nitrogens is 1. The van der Waals surface area contributed by atoms with Gasteiger partial charge in [-0.3, -0.25) is 0 Å². The predicted molar refractivity (Wildman–Crippen MR) is 71.1 cm³/mol. The summed E-state index contributed by atoms with van der Waals surface area (Å²) >= 11 is 1.50. The first-order valence-corrected chi connectivity index (χ1v) is 6.49. The molecule has 18 heavy (non-hydrogen) atoms. The lowest BCUT2D eigenvalue weighted by atomic mass is 10.1. The van der Waals surface area contributed by atoms with Crippen molar-refractivity contribution >= 4 is 11.8 Å².